The first-order chi connectivity index (χ1) is 11.0. The van der Waals surface area contributed by atoms with Crippen LogP contribution in [0.25, 0.3) is 5.76 Å². The van der Waals surface area contributed by atoms with E-state index in [-0.39, 0.29) is 24.5 Å². The lowest BCUT2D eigenvalue weighted by Gasteiger charge is -2.07. The van der Waals surface area contributed by atoms with Gasteiger partial charge in [-0.2, -0.15) is 0 Å². The van der Waals surface area contributed by atoms with Crippen LogP contribution in [0.1, 0.15) is 19.4 Å². The van der Waals surface area contributed by atoms with Crippen LogP contribution in [-0.4, -0.2) is 36.0 Å². The molecule has 0 fully saturated rings. The number of hydrogen-bond acceptors (Lipinski definition) is 6. The fourth-order valence-corrected chi connectivity index (χ4v) is 1.63. The lowest BCUT2D eigenvalue weighted by molar-refractivity contribution is -0.151. The van der Waals surface area contributed by atoms with Crippen molar-refractivity contribution in [3.05, 3.63) is 53.6 Å². The zero-order valence-electron chi connectivity index (χ0n) is 12.9. The molecule has 0 saturated heterocycles. The largest absolute Gasteiger partial charge is 0.506 e. The predicted octanol–water partition coefficient (Wildman–Crippen LogP) is 2.21. The Bertz CT molecular complexity index is 628. The van der Waals surface area contributed by atoms with Crippen molar-refractivity contribution in [1.82, 2.24) is 0 Å². The smallest absolute Gasteiger partial charge is 0.379 e. The average Bonchev–Trinajstić information content (AvgIpc) is 2.56. The molecule has 0 atom stereocenters. The zero-order chi connectivity index (χ0) is 17.2. The molecule has 1 rings (SSSR count). The molecule has 0 spiro atoms. The summed E-state index contributed by atoms with van der Waals surface area (Å²) < 4.78 is 9.41. The van der Waals surface area contributed by atoms with E-state index in [4.69, 9.17) is 4.74 Å². The Hall–Kier alpha value is -2.89. The molecular weight excluding hydrogens is 300 g/mol. The van der Waals surface area contributed by atoms with Crippen molar-refractivity contribution in [3.63, 3.8) is 0 Å². The van der Waals surface area contributed by atoms with Gasteiger partial charge in [-0.1, -0.05) is 30.3 Å². The number of ketones is 1. The highest BCUT2D eigenvalue weighted by atomic mass is 16.5. The third kappa shape index (κ3) is 5.43. The van der Waals surface area contributed by atoms with E-state index >= 15 is 0 Å². The van der Waals surface area contributed by atoms with E-state index in [9.17, 15) is 19.5 Å². The SMILES string of the molecule is CCOC(=O)C(=O)C=C/C(C(=O)OCC)=C(\O)c1ccccc1. The van der Waals surface area contributed by atoms with Gasteiger partial charge in [-0.3, -0.25) is 4.79 Å². The third-order valence-electron chi connectivity index (χ3n) is 2.68. The maximum absolute atomic E-state index is 11.9. The monoisotopic (exact) mass is 318 g/mol. The fourth-order valence-electron chi connectivity index (χ4n) is 1.63. The Morgan fingerprint density at radius 2 is 1.52 bits per heavy atom. The highest BCUT2D eigenvalue weighted by Crippen LogP contribution is 2.18. The Morgan fingerprint density at radius 1 is 0.957 bits per heavy atom. The average molecular weight is 318 g/mol. The van der Waals surface area contributed by atoms with Gasteiger partial charge in [-0.05, 0) is 26.0 Å². The molecule has 0 aliphatic rings. The minimum absolute atomic E-state index is 0.0637. The van der Waals surface area contributed by atoms with Crippen molar-refractivity contribution >= 4 is 23.5 Å². The maximum atomic E-state index is 11.9. The second-order valence-electron chi connectivity index (χ2n) is 4.27. The third-order valence-corrected chi connectivity index (χ3v) is 2.68. The molecule has 1 N–H and O–H groups in total. The van der Waals surface area contributed by atoms with Crippen LogP contribution in [0, 0.1) is 0 Å². The normalized spacial score (nSPS) is 11.7. The van der Waals surface area contributed by atoms with E-state index in [2.05, 4.69) is 4.74 Å². The minimum atomic E-state index is -1.04. The van der Waals surface area contributed by atoms with Crippen LogP contribution >= 0.6 is 0 Å². The quantitative estimate of drug-likeness (QED) is 0.272. The second-order valence-corrected chi connectivity index (χ2v) is 4.27. The van der Waals surface area contributed by atoms with E-state index in [0.717, 1.165) is 12.2 Å². The first-order valence-corrected chi connectivity index (χ1v) is 7.06. The number of aliphatic hydroxyl groups is 1. The van der Waals surface area contributed by atoms with Crippen LogP contribution in [0.3, 0.4) is 0 Å². The van der Waals surface area contributed by atoms with Gasteiger partial charge < -0.3 is 14.6 Å². The summed E-state index contributed by atoms with van der Waals surface area (Å²) in [4.78, 5) is 34.8. The minimum Gasteiger partial charge on any atom is -0.506 e. The maximum Gasteiger partial charge on any atom is 0.379 e. The van der Waals surface area contributed by atoms with Gasteiger partial charge in [0, 0.05) is 5.56 Å². The summed E-state index contributed by atoms with van der Waals surface area (Å²) in [6, 6.07) is 8.30. The number of ether oxygens (including phenoxy) is 2. The Balaban J connectivity index is 3.14. The topological polar surface area (TPSA) is 89.9 Å². The molecule has 6 heteroatoms. The summed E-state index contributed by atoms with van der Waals surface area (Å²) in [5, 5.41) is 10.2. The van der Waals surface area contributed by atoms with Crippen molar-refractivity contribution in [2.24, 2.45) is 0 Å². The van der Waals surface area contributed by atoms with Gasteiger partial charge in [-0.25, -0.2) is 9.59 Å². The van der Waals surface area contributed by atoms with Gasteiger partial charge in [0.15, 0.2) is 0 Å². The van der Waals surface area contributed by atoms with Crippen LogP contribution in [0.2, 0.25) is 0 Å². The van der Waals surface area contributed by atoms with E-state index in [0.29, 0.717) is 5.56 Å². The van der Waals surface area contributed by atoms with Crippen molar-refractivity contribution < 1.29 is 29.0 Å². The van der Waals surface area contributed by atoms with E-state index < -0.39 is 17.7 Å². The van der Waals surface area contributed by atoms with Gasteiger partial charge in [0.05, 0.1) is 13.2 Å². The van der Waals surface area contributed by atoms with Crippen LogP contribution in [-0.2, 0) is 23.9 Å². The Morgan fingerprint density at radius 3 is 2.09 bits per heavy atom. The number of aliphatic hydroxyl groups excluding tert-OH is 1. The Kier molecular flexibility index (Phi) is 7.26. The summed E-state index contributed by atoms with van der Waals surface area (Å²) in [5.74, 6) is -3.13. The van der Waals surface area contributed by atoms with E-state index in [1.54, 1.807) is 44.2 Å². The van der Waals surface area contributed by atoms with Gasteiger partial charge >= 0.3 is 11.9 Å². The lowest BCUT2D eigenvalue weighted by atomic mass is 10.1. The van der Waals surface area contributed by atoms with Crippen molar-refractivity contribution in [1.29, 1.82) is 0 Å². The highest BCUT2D eigenvalue weighted by Gasteiger charge is 2.17. The number of hydrogen-bond donors (Lipinski definition) is 1. The van der Waals surface area contributed by atoms with Crippen molar-refractivity contribution in [3.8, 4) is 0 Å². The van der Waals surface area contributed by atoms with E-state index in [1.165, 1.54) is 0 Å². The molecule has 23 heavy (non-hydrogen) atoms. The molecule has 0 radical (unpaired) electrons. The lowest BCUT2D eigenvalue weighted by Crippen LogP contribution is -2.15. The summed E-state index contributed by atoms with van der Waals surface area (Å²) in [6.45, 7) is 3.35. The molecule has 1 aromatic rings. The molecule has 1 aromatic carbocycles. The number of benzene rings is 1. The number of rotatable bonds is 7. The Labute approximate surface area is 134 Å². The molecule has 0 unspecified atom stereocenters. The van der Waals surface area contributed by atoms with E-state index in [1.807, 2.05) is 0 Å². The molecule has 0 aliphatic heterocycles. The summed E-state index contributed by atoms with van der Waals surface area (Å²) in [6.07, 6.45) is 1.91. The second kappa shape index (κ2) is 9.19. The predicted molar refractivity (Wildman–Crippen MR) is 83.4 cm³/mol. The standard InChI is InChI=1S/C17H18O6/c1-3-22-16(20)13(10-11-14(18)17(21)23-4-2)15(19)12-8-6-5-7-9-12/h5-11,19H,3-4H2,1-2H3/b11-10?,15-13+. The molecule has 0 heterocycles. The molecule has 0 aromatic heterocycles. The summed E-state index contributed by atoms with van der Waals surface area (Å²) in [5.41, 5.74) is 0.152. The van der Waals surface area contributed by atoms with Gasteiger partial charge in [0.25, 0.3) is 5.78 Å². The molecule has 122 valence electrons. The van der Waals surface area contributed by atoms with Gasteiger partial charge in [0.2, 0.25) is 0 Å². The van der Waals surface area contributed by atoms with Crippen LogP contribution in [0.5, 0.6) is 0 Å². The highest BCUT2D eigenvalue weighted by molar-refractivity contribution is 6.38. The number of esters is 2. The molecule has 0 saturated carbocycles. The molecule has 0 bridgehead atoms. The van der Waals surface area contributed by atoms with Gasteiger partial charge in [0.1, 0.15) is 11.3 Å². The zero-order valence-corrected chi connectivity index (χ0v) is 12.9. The fraction of sp³-hybridized carbons (Fsp3) is 0.235. The molecule has 0 aliphatic carbocycles. The molecule has 0 amide bonds. The first-order valence-electron chi connectivity index (χ1n) is 7.06. The first kappa shape index (κ1) is 18.2. The van der Waals surface area contributed by atoms with Crippen LogP contribution < -0.4 is 0 Å². The number of carbonyl (C=O) groups excluding carboxylic acids is 3. The number of carbonyl (C=O) groups is 3. The van der Waals surface area contributed by atoms with Gasteiger partial charge in [-0.15, -0.1) is 0 Å². The van der Waals surface area contributed by atoms with Crippen molar-refractivity contribution in [2.75, 3.05) is 13.2 Å². The van der Waals surface area contributed by atoms with Crippen molar-refractivity contribution in [2.45, 2.75) is 13.8 Å². The van der Waals surface area contributed by atoms with Crippen LogP contribution in [0.15, 0.2) is 48.1 Å². The summed E-state index contributed by atoms with van der Waals surface area (Å²) >= 11 is 0. The molecule has 6 nitrogen and oxygen atoms in total. The summed E-state index contributed by atoms with van der Waals surface area (Å²) in [7, 11) is 0. The molecular formula is C17H18O6. The van der Waals surface area contributed by atoms with Crippen LogP contribution in [0.4, 0.5) is 0 Å².